The SMILES string of the molecule is Cc1ccc2c(c1)SCCOCCSc1cc(C)ccc1Oc1ccc(cc1)O2. The van der Waals surface area contributed by atoms with Crippen molar-refractivity contribution in [1.82, 2.24) is 0 Å². The molecule has 2 bridgehead atoms. The molecule has 150 valence electrons. The average Bonchev–Trinajstić information content (AvgIpc) is 2.72. The summed E-state index contributed by atoms with van der Waals surface area (Å²) in [6, 6.07) is 20.4. The summed E-state index contributed by atoms with van der Waals surface area (Å²) >= 11 is 3.54. The molecule has 29 heavy (non-hydrogen) atoms. The zero-order valence-corrected chi connectivity index (χ0v) is 18.3. The number of ether oxygens (including phenoxy) is 3. The molecule has 0 saturated carbocycles. The molecule has 0 spiro atoms. The Morgan fingerprint density at radius 2 is 1.07 bits per heavy atom. The molecule has 3 aromatic rings. The van der Waals surface area contributed by atoms with Crippen molar-refractivity contribution in [2.45, 2.75) is 23.6 Å². The molecular formula is C24H24O3S2. The zero-order chi connectivity index (χ0) is 20.1. The van der Waals surface area contributed by atoms with E-state index in [1.165, 1.54) is 11.1 Å². The third-order valence-electron chi connectivity index (χ3n) is 4.45. The Morgan fingerprint density at radius 3 is 1.52 bits per heavy atom. The molecule has 0 saturated heterocycles. The van der Waals surface area contributed by atoms with Crippen molar-refractivity contribution >= 4 is 23.5 Å². The minimum Gasteiger partial charge on any atom is -0.456 e. The van der Waals surface area contributed by atoms with E-state index < -0.39 is 0 Å². The third-order valence-corrected chi connectivity index (χ3v) is 6.45. The first-order chi connectivity index (χ1) is 14.2. The minimum absolute atomic E-state index is 0.712. The van der Waals surface area contributed by atoms with Crippen LogP contribution in [0.2, 0.25) is 0 Å². The standard InChI is InChI=1S/C24H24O3S2/c1-17-3-9-21-23(15-17)28-13-11-25-12-14-29-24-16-18(2)4-10-22(24)27-20-7-5-19(26-21)6-8-20/h3-10,15-16H,11-14H2,1-2H3. The lowest BCUT2D eigenvalue weighted by Gasteiger charge is -2.13. The van der Waals surface area contributed by atoms with Gasteiger partial charge in [-0.3, -0.25) is 0 Å². The number of rotatable bonds is 0. The van der Waals surface area contributed by atoms with Gasteiger partial charge in [0, 0.05) is 11.5 Å². The van der Waals surface area contributed by atoms with Crippen LogP contribution in [0, 0.1) is 13.8 Å². The monoisotopic (exact) mass is 424 g/mol. The van der Waals surface area contributed by atoms with Crippen LogP contribution in [0.3, 0.4) is 0 Å². The second kappa shape index (κ2) is 9.61. The summed E-state index contributed by atoms with van der Waals surface area (Å²) < 4.78 is 18.2. The van der Waals surface area contributed by atoms with Crippen LogP contribution < -0.4 is 9.47 Å². The molecule has 0 unspecified atom stereocenters. The number of benzene rings is 3. The van der Waals surface area contributed by atoms with Crippen molar-refractivity contribution in [1.29, 1.82) is 0 Å². The highest BCUT2D eigenvalue weighted by Gasteiger charge is 2.10. The molecule has 5 rings (SSSR count). The largest absolute Gasteiger partial charge is 0.456 e. The summed E-state index contributed by atoms with van der Waals surface area (Å²) in [6.07, 6.45) is 0. The molecule has 2 heterocycles. The van der Waals surface area contributed by atoms with E-state index in [0.717, 1.165) is 44.3 Å². The first kappa shape index (κ1) is 20.2. The van der Waals surface area contributed by atoms with Crippen molar-refractivity contribution in [2.24, 2.45) is 0 Å². The number of fused-ring (bicyclic) bond motifs is 8. The molecule has 2 aliphatic rings. The van der Waals surface area contributed by atoms with Gasteiger partial charge in [-0.15, -0.1) is 23.5 Å². The van der Waals surface area contributed by atoms with Crippen molar-refractivity contribution in [3.63, 3.8) is 0 Å². The van der Waals surface area contributed by atoms with Crippen molar-refractivity contribution in [3.8, 4) is 23.0 Å². The van der Waals surface area contributed by atoms with Gasteiger partial charge < -0.3 is 14.2 Å². The molecule has 0 atom stereocenters. The maximum Gasteiger partial charge on any atom is 0.140 e. The van der Waals surface area contributed by atoms with E-state index in [0.29, 0.717) is 13.2 Å². The molecule has 0 aliphatic carbocycles. The molecule has 0 N–H and O–H groups in total. The number of thioether (sulfide) groups is 2. The maximum atomic E-state index is 6.16. The van der Waals surface area contributed by atoms with Crippen LogP contribution in [-0.4, -0.2) is 24.7 Å². The predicted octanol–water partition coefficient (Wildman–Crippen LogP) is 7.10. The second-order valence-corrected chi connectivity index (χ2v) is 9.16. The molecule has 0 fully saturated rings. The van der Waals surface area contributed by atoms with Crippen LogP contribution in [0.15, 0.2) is 70.5 Å². The average molecular weight is 425 g/mol. The van der Waals surface area contributed by atoms with Crippen LogP contribution >= 0.6 is 23.5 Å². The maximum absolute atomic E-state index is 6.16. The van der Waals surface area contributed by atoms with E-state index in [1.54, 1.807) is 23.5 Å². The Labute approximate surface area is 180 Å². The summed E-state index contributed by atoms with van der Waals surface area (Å²) in [5, 5.41) is 0. The van der Waals surface area contributed by atoms with Crippen LogP contribution in [-0.2, 0) is 4.74 Å². The van der Waals surface area contributed by atoms with E-state index in [9.17, 15) is 0 Å². The van der Waals surface area contributed by atoms with Crippen LogP contribution in [0.25, 0.3) is 0 Å². The fraction of sp³-hybridized carbons (Fsp3) is 0.250. The van der Waals surface area contributed by atoms with Crippen LogP contribution in [0.1, 0.15) is 11.1 Å². The first-order valence-corrected chi connectivity index (χ1v) is 11.6. The summed E-state index contributed by atoms with van der Waals surface area (Å²) in [5.41, 5.74) is 2.44. The lowest BCUT2D eigenvalue weighted by atomic mass is 10.2. The molecule has 0 amide bonds. The summed E-state index contributed by atoms with van der Waals surface area (Å²) in [7, 11) is 0. The van der Waals surface area contributed by atoms with E-state index in [1.807, 2.05) is 36.4 Å². The Bertz CT molecular complexity index is 892. The first-order valence-electron chi connectivity index (χ1n) is 9.68. The van der Waals surface area contributed by atoms with Gasteiger partial charge in [0.05, 0.1) is 23.0 Å². The second-order valence-electron chi connectivity index (χ2n) is 6.89. The molecule has 3 nitrogen and oxygen atoms in total. The zero-order valence-electron chi connectivity index (χ0n) is 16.6. The van der Waals surface area contributed by atoms with E-state index in [4.69, 9.17) is 14.2 Å². The normalized spacial score (nSPS) is 14.8. The fourth-order valence-corrected chi connectivity index (χ4v) is 4.86. The van der Waals surface area contributed by atoms with Gasteiger partial charge in [-0.1, -0.05) is 12.1 Å². The van der Waals surface area contributed by atoms with Gasteiger partial charge >= 0.3 is 0 Å². The molecule has 5 heteroatoms. The van der Waals surface area contributed by atoms with Gasteiger partial charge in [0.2, 0.25) is 0 Å². The minimum atomic E-state index is 0.712. The van der Waals surface area contributed by atoms with E-state index in [-0.39, 0.29) is 0 Å². The van der Waals surface area contributed by atoms with Gasteiger partial charge in [0.15, 0.2) is 0 Å². The Kier molecular flexibility index (Phi) is 6.70. The highest BCUT2D eigenvalue weighted by molar-refractivity contribution is 7.99. The third kappa shape index (κ3) is 5.50. The lowest BCUT2D eigenvalue weighted by molar-refractivity contribution is 0.167. The molecule has 0 aromatic heterocycles. The predicted molar refractivity (Wildman–Crippen MR) is 121 cm³/mol. The van der Waals surface area contributed by atoms with Crippen LogP contribution in [0.5, 0.6) is 23.0 Å². The number of aryl methyl sites for hydroxylation is 2. The quantitative estimate of drug-likeness (QED) is 0.384. The van der Waals surface area contributed by atoms with Crippen LogP contribution in [0.4, 0.5) is 0 Å². The van der Waals surface area contributed by atoms with Gasteiger partial charge in [-0.25, -0.2) is 0 Å². The van der Waals surface area contributed by atoms with Crippen molar-refractivity contribution in [2.75, 3.05) is 24.7 Å². The lowest BCUT2D eigenvalue weighted by Crippen LogP contribution is -2.01. The summed E-state index contributed by atoms with van der Waals surface area (Å²) in [4.78, 5) is 2.27. The van der Waals surface area contributed by atoms with E-state index >= 15 is 0 Å². The molecule has 0 radical (unpaired) electrons. The highest BCUT2D eigenvalue weighted by Crippen LogP contribution is 2.36. The van der Waals surface area contributed by atoms with Crippen molar-refractivity contribution < 1.29 is 14.2 Å². The Morgan fingerprint density at radius 1 is 0.621 bits per heavy atom. The Hall–Kier alpha value is -2.08. The Balaban J connectivity index is 1.62. The van der Waals surface area contributed by atoms with Crippen molar-refractivity contribution in [3.05, 3.63) is 71.8 Å². The topological polar surface area (TPSA) is 27.7 Å². The van der Waals surface area contributed by atoms with Gasteiger partial charge in [0.25, 0.3) is 0 Å². The van der Waals surface area contributed by atoms with E-state index in [2.05, 4.69) is 38.1 Å². The van der Waals surface area contributed by atoms with Gasteiger partial charge in [-0.05, 0) is 73.5 Å². The molecule has 2 aliphatic heterocycles. The number of hydrogen-bond donors (Lipinski definition) is 0. The highest BCUT2D eigenvalue weighted by atomic mass is 32.2. The molecular weight excluding hydrogens is 400 g/mol. The summed E-state index contributed by atoms with van der Waals surface area (Å²) in [6.45, 7) is 5.62. The number of hydrogen-bond acceptors (Lipinski definition) is 5. The molecule has 3 aromatic carbocycles. The fourth-order valence-electron chi connectivity index (χ4n) is 2.98. The summed E-state index contributed by atoms with van der Waals surface area (Å²) in [5.74, 6) is 5.11. The van der Waals surface area contributed by atoms with Gasteiger partial charge in [0.1, 0.15) is 23.0 Å². The van der Waals surface area contributed by atoms with Gasteiger partial charge in [-0.2, -0.15) is 0 Å². The smallest absolute Gasteiger partial charge is 0.140 e.